The molecule has 0 aliphatic heterocycles. The summed E-state index contributed by atoms with van der Waals surface area (Å²) in [6, 6.07) is 3.64. The van der Waals surface area contributed by atoms with Crippen LogP contribution in [-0.4, -0.2) is 26.4 Å². The molecule has 20 heavy (non-hydrogen) atoms. The molecule has 0 aliphatic carbocycles. The van der Waals surface area contributed by atoms with E-state index in [1.165, 1.54) is 19.2 Å². The lowest BCUT2D eigenvalue weighted by Crippen LogP contribution is -2.29. The zero-order valence-corrected chi connectivity index (χ0v) is 12.5. The summed E-state index contributed by atoms with van der Waals surface area (Å²) in [5.74, 6) is 0.176. The average Bonchev–Trinajstić information content (AvgIpc) is 2.38. The Balaban J connectivity index is 3.25. The number of nitrogens with two attached hydrogens (primary N) is 1. The quantitative estimate of drug-likeness (QED) is 0.601. The molecular weight excluding hydrogens is 282 g/mol. The van der Waals surface area contributed by atoms with E-state index in [0.717, 1.165) is 6.07 Å². The average molecular weight is 301 g/mol. The van der Waals surface area contributed by atoms with E-state index in [1.807, 2.05) is 13.8 Å². The molecule has 3 N–H and O–H groups in total. The van der Waals surface area contributed by atoms with Crippen LogP contribution in [0.15, 0.2) is 23.1 Å². The fourth-order valence-electron chi connectivity index (χ4n) is 1.66. The number of benzene rings is 1. The van der Waals surface area contributed by atoms with E-state index in [-0.39, 0.29) is 22.5 Å². The van der Waals surface area contributed by atoms with Crippen molar-refractivity contribution in [2.75, 3.05) is 7.05 Å². The van der Waals surface area contributed by atoms with Crippen LogP contribution in [0.3, 0.4) is 0 Å². The van der Waals surface area contributed by atoms with E-state index >= 15 is 0 Å². The third kappa shape index (κ3) is 3.75. The summed E-state index contributed by atoms with van der Waals surface area (Å²) in [5.41, 5.74) is 6.13. The predicted octanol–water partition coefficient (Wildman–Crippen LogP) is 1.03. The van der Waals surface area contributed by atoms with Crippen molar-refractivity contribution in [3.8, 4) is 0 Å². The van der Waals surface area contributed by atoms with Crippen LogP contribution >= 0.6 is 0 Å². The second kappa shape index (κ2) is 6.29. The first-order valence-electron chi connectivity index (χ1n) is 6.15. The maximum absolute atomic E-state index is 11.7. The Morgan fingerprint density at radius 1 is 1.40 bits per heavy atom. The van der Waals surface area contributed by atoms with Crippen LogP contribution in [0.1, 0.15) is 19.4 Å². The summed E-state index contributed by atoms with van der Waals surface area (Å²) in [7, 11) is -2.45. The number of nitro groups is 1. The molecule has 8 heteroatoms. The number of sulfonamides is 1. The Morgan fingerprint density at radius 3 is 2.45 bits per heavy atom. The lowest BCUT2D eigenvalue weighted by molar-refractivity contribution is -0.385. The van der Waals surface area contributed by atoms with Crippen molar-refractivity contribution in [1.29, 1.82) is 0 Å². The first-order chi connectivity index (χ1) is 9.19. The Kier molecular flexibility index (Phi) is 5.21. The lowest BCUT2D eigenvalue weighted by Gasteiger charge is -2.15. The fraction of sp³-hybridized carbons (Fsp3) is 0.500. The van der Waals surface area contributed by atoms with Crippen molar-refractivity contribution < 1.29 is 13.3 Å². The summed E-state index contributed by atoms with van der Waals surface area (Å²) in [5, 5.41) is 11.1. The van der Waals surface area contributed by atoms with Crippen LogP contribution < -0.4 is 10.5 Å². The number of nitrogens with zero attached hydrogens (tertiary/aromatic N) is 1. The van der Waals surface area contributed by atoms with E-state index in [2.05, 4.69) is 4.72 Å². The molecule has 112 valence electrons. The van der Waals surface area contributed by atoms with Crippen molar-refractivity contribution in [1.82, 2.24) is 4.72 Å². The van der Waals surface area contributed by atoms with Crippen LogP contribution in [0.5, 0.6) is 0 Å². The predicted molar refractivity (Wildman–Crippen MR) is 75.9 cm³/mol. The van der Waals surface area contributed by atoms with Gasteiger partial charge in [0.25, 0.3) is 5.69 Å². The maximum Gasteiger partial charge on any atom is 0.273 e. The molecule has 0 saturated heterocycles. The Morgan fingerprint density at radius 2 is 2.00 bits per heavy atom. The van der Waals surface area contributed by atoms with E-state index in [1.54, 1.807) is 0 Å². The molecule has 1 rings (SSSR count). The maximum atomic E-state index is 11.7. The molecule has 0 heterocycles. The van der Waals surface area contributed by atoms with Crippen LogP contribution in [0.2, 0.25) is 0 Å². The van der Waals surface area contributed by atoms with Gasteiger partial charge in [0, 0.05) is 17.7 Å². The third-order valence-electron chi connectivity index (χ3n) is 3.14. The van der Waals surface area contributed by atoms with Gasteiger partial charge in [0.05, 0.1) is 9.82 Å². The number of hydrogen-bond acceptors (Lipinski definition) is 5. The number of nitro benzene ring substituents is 1. The van der Waals surface area contributed by atoms with Gasteiger partial charge in [0.15, 0.2) is 0 Å². The molecule has 1 aromatic rings. The first kappa shape index (κ1) is 16.5. The summed E-state index contributed by atoms with van der Waals surface area (Å²) < 4.78 is 25.4. The fourth-order valence-corrected chi connectivity index (χ4v) is 2.41. The van der Waals surface area contributed by atoms with Gasteiger partial charge in [-0.3, -0.25) is 10.1 Å². The number of rotatable bonds is 6. The van der Waals surface area contributed by atoms with E-state index < -0.39 is 14.9 Å². The number of nitrogens with one attached hydrogen (secondary N) is 1. The van der Waals surface area contributed by atoms with Crippen LogP contribution in [-0.2, 0) is 16.4 Å². The number of hydrogen-bond donors (Lipinski definition) is 2. The van der Waals surface area contributed by atoms with Crippen LogP contribution in [0.25, 0.3) is 0 Å². The minimum Gasteiger partial charge on any atom is -0.327 e. The summed E-state index contributed by atoms with van der Waals surface area (Å²) >= 11 is 0. The smallest absolute Gasteiger partial charge is 0.273 e. The highest BCUT2D eigenvalue weighted by atomic mass is 32.2. The van der Waals surface area contributed by atoms with E-state index in [9.17, 15) is 18.5 Å². The molecule has 1 unspecified atom stereocenters. The summed E-state index contributed by atoms with van der Waals surface area (Å²) in [4.78, 5) is 10.4. The Hall–Kier alpha value is -1.51. The molecule has 1 atom stereocenters. The van der Waals surface area contributed by atoms with Gasteiger partial charge in [0.2, 0.25) is 10.0 Å². The van der Waals surface area contributed by atoms with Crippen molar-refractivity contribution in [3.05, 3.63) is 33.9 Å². The van der Waals surface area contributed by atoms with Gasteiger partial charge in [-0.05, 0) is 25.5 Å². The highest BCUT2D eigenvalue weighted by Crippen LogP contribution is 2.24. The molecule has 0 radical (unpaired) electrons. The zero-order valence-electron chi connectivity index (χ0n) is 11.7. The molecule has 0 amide bonds. The molecule has 0 aliphatic rings. The second-order valence-electron chi connectivity index (χ2n) is 4.87. The van der Waals surface area contributed by atoms with Crippen LogP contribution in [0, 0.1) is 16.0 Å². The standard InChI is InChI=1S/C12H19N3O4S/c1-8(2)11(13)6-9-4-5-10(20(18,19)14-3)7-12(9)15(16)17/h4-5,7-8,11,14H,6,13H2,1-3H3. The molecule has 7 nitrogen and oxygen atoms in total. The van der Waals surface area contributed by atoms with E-state index in [0.29, 0.717) is 12.0 Å². The molecule has 1 aromatic carbocycles. The molecule has 0 bridgehead atoms. The molecular formula is C12H19N3O4S. The van der Waals surface area contributed by atoms with Crippen LogP contribution in [0.4, 0.5) is 5.69 Å². The molecule has 0 saturated carbocycles. The monoisotopic (exact) mass is 301 g/mol. The second-order valence-corrected chi connectivity index (χ2v) is 6.75. The SMILES string of the molecule is CNS(=O)(=O)c1ccc(CC(N)C(C)C)c([N+](=O)[O-])c1. The van der Waals surface area contributed by atoms with Gasteiger partial charge < -0.3 is 5.73 Å². The molecule has 0 spiro atoms. The van der Waals surface area contributed by atoms with Gasteiger partial charge in [0.1, 0.15) is 0 Å². The minimum absolute atomic E-state index is 0.131. The van der Waals surface area contributed by atoms with E-state index in [4.69, 9.17) is 5.73 Å². The minimum atomic E-state index is -3.70. The van der Waals surface area contributed by atoms with Gasteiger partial charge in [-0.15, -0.1) is 0 Å². The van der Waals surface area contributed by atoms with Gasteiger partial charge in [-0.25, -0.2) is 13.1 Å². The lowest BCUT2D eigenvalue weighted by atomic mass is 9.96. The topological polar surface area (TPSA) is 115 Å². The van der Waals surface area contributed by atoms with Gasteiger partial charge >= 0.3 is 0 Å². The van der Waals surface area contributed by atoms with Crippen molar-refractivity contribution in [2.24, 2.45) is 11.7 Å². The highest BCUT2D eigenvalue weighted by molar-refractivity contribution is 7.89. The first-order valence-corrected chi connectivity index (χ1v) is 7.63. The highest BCUT2D eigenvalue weighted by Gasteiger charge is 2.22. The molecule has 0 fully saturated rings. The molecule has 0 aromatic heterocycles. The van der Waals surface area contributed by atoms with Gasteiger partial charge in [-0.2, -0.15) is 0 Å². The third-order valence-corrected chi connectivity index (χ3v) is 4.56. The van der Waals surface area contributed by atoms with Crippen molar-refractivity contribution in [3.63, 3.8) is 0 Å². The largest absolute Gasteiger partial charge is 0.327 e. The van der Waals surface area contributed by atoms with Gasteiger partial charge in [-0.1, -0.05) is 19.9 Å². The normalized spacial score (nSPS) is 13.4. The Bertz CT molecular complexity index is 599. The zero-order chi connectivity index (χ0) is 15.5. The Labute approximate surface area is 118 Å². The summed E-state index contributed by atoms with van der Waals surface area (Å²) in [6.07, 6.45) is 0.327. The van der Waals surface area contributed by atoms with Crippen molar-refractivity contribution >= 4 is 15.7 Å². The summed E-state index contributed by atoms with van der Waals surface area (Å²) in [6.45, 7) is 3.85. The van der Waals surface area contributed by atoms with Crippen molar-refractivity contribution in [2.45, 2.75) is 31.2 Å².